The van der Waals surface area contributed by atoms with E-state index < -0.39 is 0 Å². The van der Waals surface area contributed by atoms with Crippen molar-refractivity contribution in [1.29, 1.82) is 0 Å². The van der Waals surface area contributed by atoms with Gasteiger partial charge in [0.25, 0.3) is 0 Å². The molecule has 1 aliphatic rings. The molecule has 1 saturated heterocycles. The molecule has 1 heterocycles. The van der Waals surface area contributed by atoms with Crippen LogP contribution in [0.2, 0.25) is 0 Å². The van der Waals surface area contributed by atoms with Gasteiger partial charge < -0.3 is 9.75 Å². The van der Waals surface area contributed by atoms with E-state index in [0.29, 0.717) is 0 Å². The summed E-state index contributed by atoms with van der Waals surface area (Å²) in [6, 6.07) is 10.3. The average molecular weight is 236 g/mol. The van der Waals surface area contributed by atoms with E-state index in [1.807, 2.05) is 32.0 Å². The van der Waals surface area contributed by atoms with Gasteiger partial charge in [-0.05, 0) is 12.1 Å². The predicted molar refractivity (Wildman–Crippen MR) is 72.8 cm³/mol. The summed E-state index contributed by atoms with van der Waals surface area (Å²) in [5.41, 5.74) is 4.67. The third kappa shape index (κ3) is 3.20. The van der Waals surface area contributed by atoms with E-state index in [1.54, 1.807) is 7.11 Å². The zero-order valence-corrected chi connectivity index (χ0v) is 11.5. The standard InChI is InChI=1S/C12H18N2O.C2H6/c1-12(2)9-14(13-11(12)15-3)10-7-5-4-6-8-10;1-2/h4-8,11,13H,9H2,1-3H3;1-2H3. The fraction of sp³-hybridized carbons (Fsp3) is 0.571. The summed E-state index contributed by atoms with van der Waals surface area (Å²) in [5, 5.41) is 2.15. The van der Waals surface area contributed by atoms with Crippen LogP contribution in [0.5, 0.6) is 0 Å². The number of benzene rings is 1. The summed E-state index contributed by atoms with van der Waals surface area (Å²) in [4.78, 5) is 0. The summed E-state index contributed by atoms with van der Waals surface area (Å²) in [7, 11) is 1.74. The summed E-state index contributed by atoms with van der Waals surface area (Å²) in [6.45, 7) is 9.36. The van der Waals surface area contributed by atoms with Crippen molar-refractivity contribution in [3.8, 4) is 0 Å². The quantitative estimate of drug-likeness (QED) is 0.854. The lowest BCUT2D eigenvalue weighted by Crippen LogP contribution is -2.38. The molecule has 2 rings (SSSR count). The zero-order chi connectivity index (χ0) is 12.9. The highest BCUT2D eigenvalue weighted by Gasteiger charge is 2.39. The van der Waals surface area contributed by atoms with Crippen LogP contribution in [0.3, 0.4) is 0 Å². The van der Waals surface area contributed by atoms with E-state index in [2.05, 4.69) is 36.4 Å². The first-order valence-electron chi connectivity index (χ1n) is 6.25. The Morgan fingerprint density at radius 3 is 2.29 bits per heavy atom. The SMILES string of the molecule is CC.COC1NN(c2ccccc2)CC1(C)C. The number of methoxy groups -OCH3 is 1. The van der Waals surface area contributed by atoms with Gasteiger partial charge in [-0.1, -0.05) is 45.9 Å². The highest BCUT2D eigenvalue weighted by Crippen LogP contribution is 2.30. The maximum absolute atomic E-state index is 5.43. The molecule has 17 heavy (non-hydrogen) atoms. The van der Waals surface area contributed by atoms with Gasteiger partial charge in [-0.15, -0.1) is 0 Å². The molecule has 1 aromatic rings. The van der Waals surface area contributed by atoms with Crippen LogP contribution < -0.4 is 10.4 Å². The monoisotopic (exact) mass is 236 g/mol. The van der Waals surface area contributed by atoms with E-state index >= 15 is 0 Å². The Kier molecular flexibility index (Phi) is 4.97. The van der Waals surface area contributed by atoms with Gasteiger partial charge in [0.2, 0.25) is 0 Å². The molecule has 0 bridgehead atoms. The van der Waals surface area contributed by atoms with Gasteiger partial charge in [-0.25, -0.2) is 5.43 Å². The van der Waals surface area contributed by atoms with E-state index in [9.17, 15) is 0 Å². The molecule has 0 saturated carbocycles. The number of ether oxygens (including phenoxy) is 1. The molecule has 3 heteroatoms. The van der Waals surface area contributed by atoms with Crippen LogP contribution >= 0.6 is 0 Å². The van der Waals surface area contributed by atoms with E-state index in [4.69, 9.17) is 4.74 Å². The number of rotatable bonds is 2. The van der Waals surface area contributed by atoms with Gasteiger partial charge in [-0.3, -0.25) is 0 Å². The van der Waals surface area contributed by atoms with Crippen LogP contribution in [0.1, 0.15) is 27.7 Å². The number of hydrogen-bond acceptors (Lipinski definition) is 3. The lowest BCUT2D eigenvalue weighted by Gasteiger charge is -2.22. The maximum Gasteiger partial charge on any atom is 0.131 e. The molecule has 96 valence electrons. The van der Waals surface area contributed by atoms with Crippen molar-refractivity contribution in [3.05, 3.63) is 30.3 Å². The number of nitrogens with zero attached hydrogens (tertiary/aromatic N) is 1. The van der Waals surface area contributed by atoms with E-state index in [1.165, 1.54) is 5.69 Å². The summed E-state index contributed by atoms with van der Waals surface area (Å²) in [6.07, 6.45) is 0.0812. The minimum absolute atomic E-state index is 0.0812. The number of nitrogens with one attached hydrogen (secondary N) is 1. The summed E-state index contributed by atoms with van der Waals surface area (Å²) < 4.78 is 5.43. The molecule has 1 unspecified atom stereocenters. The summed E-state index contributed by atoms with van der Waals surface area (Å²) in [5.74, 6) is 0. The second-order valence-corrected chi connectivity index (χ2v) is 4.66. The highest BCUT2D eigenvalue weighted by molar-refractivity contribution is 5.46. The topological polar surface area (TPSA) is 24.5 Å². The molecule has 1 aliphatic heterocycles. The molecule has 0 aromatic heterocycles. The second kappa shape index (κ2) is 6.03. The number of para-hydroxylation sites is 1. The Hall–Kier alpha value is -1.06. The fourth-order valence-electron chi connectivity index (χ4n) is 2.00. The molecule has 1 aromatic carbocycles. The van der Waals surface area contributed by atoms with Crippen molar-refractivity contribution >= 4 is 5.69 Å². The second-order valence-electron chi connectivity index (χ2n) is 4.66. The van der Waals surface area contributed by atoms with Crippen molar-refractivity contribution in [1.82, 2.24) is 5.43 Å². The van der Waals surface area contributed by atoms with Gasteiger partial charge in [0.15, 0.2) is 0 Å². The van der Waals surface area contributed by atoms with Crippen LogP contribution in [0.25, 0.3) is 0 Å². The zero-order valence-electron chi connectivity index (χ0n) is 11.5. The Balaban J connectivity index is 0.000000686. The Morgan fingerprint density at radius 1 is 1.24 bits per heavy atom. The van der Waals surface area contributed by atoms with Crippen LogP contribution in [-0.2, 0) is 4.74 Å². The van der Waals surface area contributed by atoms with Gasteiger partial charge in [0, 0.05) is 19.1 Å². The Labute approximate surface area is 105 Å². The van der Waals surface area contributed by atoms with Crippen LogP contribution in [0.4, 0.5) is 5.69 Å². The smallest absolute Gasteiger partial charge is 0.131 e. The summed E-state index contributed by atoms with van der Waals surface area (Å²) >= 11 is 0. The first-order chi connectivity index (χ1) is 8.13. The van der Waals surface area contributed by atoms with Crippen molar-refractivity contribution in [2.45, 2.75) is 33.9 Å². The number of hydrogen-bond donors (Lipinski definition) is 1. The average Bonchev–Trinajstić information content (AvgIpc) is 2.68. The highest BCUT2D eigenvalue weighted by atomic mass is 16.5. The largest absolute Gasteiger partial charge is 0.364 e. The molecule has 3 nitrogen and oxygen atoms in total. The van der Waals surface area contributed by atoms with E-state index in [0.717, 1.165) is 6.54 Å². The molecule has 1 N–H and O–H groups in total. The van der Waals surface area contributed by atoms with Crippen molar-refractivity contribution in [2.75, 3.05) is 18.7 Å². The molecule has 0 radical (unpaired) electrons. The van der Waals surface area contributed by atoms with Crippen molar-refractivity contribution < 1.29 is 4.74 Å². The van der Waals surface area contributed by atoms with Crippen LogP contribution in [0, 0.1) is 5.41 Å². The lowest BCUT2D eigenvalue weighted by atomic mass is 9.93. The molecule has 1 fully saturated rings. The Morgan fingerprint density at radius 2 is 1.82 bits per heavy atom. The third-order valence-corrected chi connectivity index (χ3v) is 2.85. The van der Waals surface area contributed by atoms with Gasteiger partial charge in [0.1, 0.15) is 6.23 Å². The van der Waals surface area contributed by atoms with Gasteiger partial charge >= 0.3 is 0 Å². The molecule has 0 amide bonds. The third-order valence-electron chi connectivity index (χ3n) is 2.85. The van der Waals surface area contributed by atoms with Crippen molar-refractivity contribution in [2.24, 2.45) is 5.41 Å². The van der Waals surface area contributed by atoms with Crippen LogP contribution in [-0.4, -0.2) is 19.9 Å². The minimum atomic E-state index is 0.0812. The van der Waals surface area contributed by atoms with Crippen molar-refractivity contribution in [3.63, 3.8) is 0 Å². The van der Waals surface area contributed by atoms with Gasteiger partial charge in [-0.2, -0.15) is 0 Å². The predicted octanol–water partition coefficient (Wildman–Crippen LogP) is 3.04. The first kappa shape index (κ1) is 14.0. The van der Waals surface area contributed by atoms with Crippen LogP contribution in [0.15, 0.2) is 30.3 Å². The minimum Gasteiger partial charge on any atom is -0.364 e. The van der Waals surface area contributed by atoms with Gasteiger partial charge in [0.05, 0.1) is 5.69 Å². The fourth-order valence-corrected chi connectivity index (χ4v) is 2.00. The Bertz CT molecular complexity index is 324. The van der Waals surface area contributed by atoms with E-state index in [-0.39, 0.29) is 11.6 Å². The molecule has 0 aliphatic carbocycles. The maximum atomic E-state index is 5.43. The number of anilines is 1. The first-order valence-corrected chi connectivity index (χ1v) is 6.25. The molecule has 1 atom stereocenters. The lowest BCUT2D eigenvalue weighted by molar-refractivity contribution is 0.0192. The molecule has 0 spiro atoms. The normalized spacial score (nSPS) is 21.9. The molecular weight excluding hydrogens is 212 g/mol. The molecular formula is C14H24N2O. The number of hydrazine groups is 1.